The summed E-state index contributed by atoms with van der Waals surface area (Å²) in [6.07, 6.45) is -1.08. The molecule has 104 valence electrons. The highest BCUT2D eigenvalue weighted by Crippen LogP contribution is 2.40. The van der Waals surface area contributed by atoms with Crippen LogP contribution in [0, 0.1) is 6.92 Å². The number of nitrogens with zero attached hydrogens (tertiary/aromatic N) is 4. The van der Waals surface area contributed by atoms with Gasteiger partial charge in [-0.2, -0.15) is 5.10 Å². The lowest BCUT2D eigenvalue weighted by Crippen LogP contribution is -2.31. The van der Waals surface area contributed by atoms with Crippen LogP contribution in [0.3, 0.4) is 0 Å². The van der Waals surface area contributed by atoms with E-state index in [0.717, 1.165) is 17.2 Å². The van der Waals surface area contributed by atoms with E-state index in [1.807, 2.05) is 31.9 Å². The topological polar surface area (TPSA) is 83.3 Å². The molecule has 7 nitrogen and oxygen atoms in total. The number of hydrogen-bond acceptors (Lipinski definition) is 4. The highest BCUT2D eigenvalue weighted by Gasteiger charge is 2.30. The maximum Gasteiger partial charge on any atom is 0.409 e. The second kappa shape index (κ2) is 4.22. The molecule has 0 bridgehead atoms. The zero-order valence-corrected chi connectivity index (χ0v) is 11.5. The van der Waals surface area contributed by atoms with Gasteiger partial charge in [-0.25, -0.2) is 14.5 Å². The number of nitrogens with one attached hydrogen (secondary N) is 1. The number of fused-ring (bicyclic) bond motifs is 3. The van der Waals surface area contributed by atoms with Crippen molar-refractivity contribution in [1.82, 2.24) is 14.8 Å². The first-order valence-corrected chi connectivity index (χ1v) is 6.28. The van der Waals surface area contributed by atoms with Crippen molar-refractivity contribution >= 4 is 17.5 Å². The molecule has 0 unspecified atom stereocenters. The van der Waals surface area contributed by atoms with Gasteiger partial charge in [0.25, 0.3) is 0 Å². The quantitative estimate of drug-likeness (QED) is 0.832. The van der Waals surface area contributed by atoms with Crippen LogP contribution in [0.1, 0.15) is 24.6 Å². The predicted molar refractivity (Wildman–Crippen MR) is 74.6 cm³/mol. The molecule has 0 fully saturated rings. The van der Waals surface area contributed by atoms with Gasteiger partial charge in [0.2, 0.25) is 0 Å². The molecule has 2 aromatic rings. The van der Waals surface area contributed by atoms with E-state index in [-0.39, 0.29) is 6.04 Å². The number of hydrogen-bond donors (Lipinski definition) is 2. The van der Waals surface area contributed by atoms with E-state index >= 15 is 0 Å². The van der Waals surface area contributed by atoms with E-state index in [0.29, 0.717) is 11.5 Å². The number of anilines is 2. The van der Waals surface area contributed by atoms with Crippen molar-refractivity contribution in [2.24, 2.45) is 0 Å². The molecule has 2 N–H and O–H groups in total. The van der Waals surface area contributed by atoms with Crippen molar-refractivity contribution < 1.29 is 9.90 Å². The minimum atomic E-state index is -1.08. The summed E-state index contributed by atoms with van der Waals surface area (Å²) in [6, 6.07) is 5.46. The van der Waals surface area contributed by atoms with Crippen LogP contribution in [-0.2, 0) is 0 Å². The van der Waals surface area contributed by atoms with Crippen LogP contribution in [-0.4, -0.2) is 33.0 Å². The number of para-hydroxylation sites is 1. The molecule has 1 aliphatic rings. The normalized spacial score (nSPS) is 16.6. The van der Waals surface area contributed by atoms with Crippen LogP contribution in [0.2, 0.25) is 0 Å². The first kappa shape index (κ1) is 12.5. The average Bonchev–Trinajstić information content (AvgIpc) is 2.77. The summed E-state index contributed by atoms with van der Waals surface area (Å²) in [5, 5.41) is 15.8. The summed E-state index contributed by atoms with van der Waals surface area (Å²) >= 11 is 0. The standard InChI is InChI=1S/C13H15N5O2/c1-7-12-14-8(2)16-18(12)10-6-4-5-9(15-13(19)20)11(10)17(7)3/h4-7,15H,1-3H3,(H,19,20)/t7-/m0/s1. The van der Waals surface area contributed by atoms with Gasteiger partial charge >= 0.3 is 6.09 Å². The number of carbonyl (C=O) groups is 1. The third-order valence-corrected chi connectivity index (χ3v) is 3.53. The van der Waals surface area contributed by atoms with E-state index in [1.54, 1.807) is 16.8 Å². The Balaban J connectivity index is 2.24. The van der Waals surface area contributed by atoms with Crippen LogP contribution in [0.4, 0.5) is 16.2 Å². The van der Waals surface area contributed by atoms with E-state index in [1.165, 1.54) is 0 Å². The number of amides is 1. The molecule has 1 aliphatic heterocycles. The van der Waals surface area contributed by atoms with Crippen LogP contribution in [0.15, 0.2) is 18.2 Å². The van der Waals surface area contributed by atoms with Crippen molar-refractivity contribution in [3.63, 3.8) is 0 Å². The minimum Gasteiger partial charge on any atom is -0.465 e. The monoisotopic (exact) mass is 273 g/mol. The Kier molecular flexibility index (Phi) is 2.63. The molecule has 1 aromatic heterocycles. The Bertz CT molecular complexity index is 694. The van der Waals surface area contributed by atoms with Gasteiger partial charge in [0.05, 0.1) is 23.1 Å². The van der Waals surface area contributed by atoms with Crippen LogP contribution in [0.5, 0.6) is 0 Å². The average molecular weight is 273 g/mol. The molecule has 0 aliphatic carbocycles. The zero-order valence-electron chi connectivity index (χ0n) is 11.5. The maximum atomic E-state index is 10.9. The van der Waals surface area contributed by atoms with Gasteiger partial charge in [-0.05, 0) is 26.0 Å². The molecule has 0 saturated carbocycles. The van der Waals surface area contributed by atoms with Gasteiger partial charge in [-0.1, -0.05) is 6.07 Å². The Morgan fingerprint density at radius 1 is 1.45 bits per heavy atom. The molecule has 1 aromatic carbocycles. The number of aromatic nitrogens is 3. The number of benzene rings is 1. The van der Waals surface area contributed by atoms with Crippen molar-refractivity contribution in [1.29, 1.82) is 0 Å². The third kappa shape index (κ3) is 1.70. The molecular weight excluding hydrogens is 258 g/mol. The highest BCUT2D eigenvalue weighted by atomic mass is 16.4. The molecule has 0 saturated heterocycles. The Morgan fingerprint density at radius 3 is 2.90 bits per heavy atom. The van der Waals surface area contributed by atoms with Gasteiger partial charge in [0, 0.05) is 7.05 Å². The van der Waals surface area contributed by atoms with Crippen LogP contribution >= 0.6 is 0 Å². The zero-order chi connectivity index (χ0) is 14.4. The summed E-state index contributed by atoms with van der Waals surface area (Å²) in [4.78, 5) is 17.4. The van der Waals surface area contributed by atoms with Gasteiger partial charge in [-0.3, -0.25) is 5.32 Å². The second-order valence-electron chi connectivity index (χ2n) is 4.82. The lowest BCUT2D eigenvalue weighted by molar-refractivity contribution is 0.210. The SMILES string of the molecule is Cc1nc2n(n1)-c1cccc(NC(=O)O)c1N(C)[C@H]2C. The molecule has 3 rings (SSSR count). The Hall–Kier alpha value is -2.57. The first-order valence-electron chi connectivity index (χ1n) is 6.28. The lowest BCUT2D eigenvalue weighted by Gasteiger charge is -2.34. The second-order valence-corrected chi connectivity index (χ2v) is 4.82. The van der Waals surface area contributed by atoms with Crippen LogP contribution < -0.4 is 10.2 Å². The fraction of sp³-hybridized carbons (Fsp3) is 0.308. The molecule has 0 radical (unpaired) electrons. The highest BCUT2D eigenvalue weighted by molar-refractivity contribution is 5.91. The van der Waals surface area contributed by atoms with Gasteiger partial charge < -0.3 is 10.0 Å². The third-order valence-electron chi connectivity index (χ3n) is 3.53. The molecular formula is C13H15N5O2. The largest absolute Gasteiger partial charge is 0.465 e. The van der Waals surface area contributed by atoms with Gasteiger partial charge in [0.1, 0.15) is 5.82 Å². The number of aryl methyl sites for hydroxylation is 1. The van der Waals surface area contributed by atoms with E-state index in [4.69, 9.17) is 5.11 Å². The predicted octanol–water partition coefficient (Wildman–Crippen LogP) is 2.18. The minimum absolute atomic E-state index is 0.0143. The van der Waals surface area contributed by atoms with Gasteiger partial charge in [0.15, 0.2) is 5.82 Å². The van der Waals surface area contributed by atoms with E-state index in [9.17, 15) is 4.79 Å². The van der Waals surface area contributed by atoms with Crippen molar-refractivity contribution in [2.45, 2.75) is 19.9 Å². The molecule has 1 amide bonds. The summed E-state index contributed by atoms with van der Waals surface area (Å²) < 4.78 is 1.78. The van der Waals surface area contributed by atoms with E-state index in [2.05, 4.69) is 15.4 Å². The first-order chi connectivity index (χ1) is 9.49. The Labute approximate surface area is 115 Å². The molecule has 0 spiro atoms. The molecule has 1 atom stereocenters. The number of carboxylic acid groups (broad SMARTS) is 1. The van der Waals surface area contributed by atoms with Gasteiger partial charge in [-0.15, -0.1) is 0 Å². The van der Waals surface area contributed by atoms with Crippen molar-refractivity contribution in [3.05, 3.63) is 29.8 Å². The number of rotatable bonds is 1. The fourth-order valence-corrected chi connectivity index (χ4v) is 2.53. The summed E-state index contributed by atoms with van der Waals surface area (Å²) in [7, 11) is 1.92. The maximum absolute atomic E-state index is 10.9. The molecule has 2 heterocycles. The summed E-state index contributed by atoms with van der Waals surface area (Å²) in [5.41, 5.74) is 2.18. The van der Waals surface area contributed by atoms with Crippen molar-refractivity contribution in [3.8, 4) is 5.69 Å². The Morgan fingerprint density at radius 2 is 2.20 bits per heavy atom. The van der Waals surface area contributed by atoms with Crippen molar-refractivity contribution in [2.75, 3.05) is 17.3 Å². The summed E-state index contributed by atoms with van der Waals surface area (Å²) in [6.45, 7) is 3.86. The smallest absolute Gasteiger partial charge is 0.409 e. The van der Waals surface area contributed by atoms with Crippen LogP contribution in [0.25, 0.3) is 5.69 Å². The summed E-state index contributed by atoms with van der Waals surface area (Å²) in [5.74, 6) is 1.55. The molecule has 20 heavy (non-hydrogen) atoms. The molecule has 7 heteroatoms. The van der Waals surface area contributed by atoms with E-state index < -0.39 is 6.09 Å². The lowest BCUT2D eigenvalue weighted by atomic mass is 10.1. The fourth-order valence-electron chi connectivity index (χ4n) is 2.53.